The van der Waals surface area contributed by atoms with Gasteiger partial charge in [-0.1, -0.05) is 0 Å². The second-order valence-corrected chi connectivity index (χ2v) is 8.78. The van der Waals surface area contributed by atoms with E-state index in [1.54, 1.807) is 0 Å². The Morgan fingerprint density at radius 3 is 0.767 bits per heavy atom. The lowest BCUT2D eigenvalue weighted by molar-refractivity contribution is 0.571. The van der Waals surface area contributed by atoms with Gasteiger partial charge in [0.15, 0.2) is 0 Å². The summed E-state index contributed by atoms with van der Waals surface area (Å²) in [6.45, 7) is 17.3. The van der Waals surface area contributed by atoms with Gasteiger partial charge in [0.05, 0.1) is 22.7 Å². The average Bonchev–Trinajstić information content (AvgIpc) is 2.85. The van der Waals surface area contributed by atoms with Gasteiger partial charge in [-0.3, -0.25) is 0 Å². The Balaban J connectivity index is 1.57. The number of rotatable bonds is 4. The van der Waals surface area contributed by atoms with Gasteiger partial charge < -0.3 is 40.9 Å². The molecular weight excluding hydrogens is 376 g/mol. The molecule has 4 aliphatic heterocycles. The molecule has 0 amide bonds. The Morgan fingerprint density at radius 2 is 0.567 bits per heavy atom. The first-order valence-electron chi connectivity index (χ1n) is 11.9. The fourth-order valence-electron chi connectivity index (χ4n) is 5.19. The number of nitrogens with zero attached hydrogens (tertiary/aromatic N) is 4. The molecule has 0 unspecified atom stereocenters. The van der Waals surface area contributed by atoms with Crippen LogP contribution < -0.4 is 40.9 Å². The number of anilines is 4. The zero-order valence-electron chi connectivity index (χ0n) is 18.3. The number of hydrogen-bond acceptors (Lipinski definition) is 8. The molecule has 0 spiro atoms. The lowest BCUT2D eigenvalue weighted by Gasteiger charge is -2.41. The Kier molecular flexibility index (Phi) is 6.45. The van der Waals surface area contributed by atoms with Crippen LogP contribution >= 0.6 is 0 Å². The first kappa shape index (κ1) is 20.2. The van der Waals surface area contributed by atoms with E-state index >= 15 is 0 Å². The van der Waals surface area contributed by atoms with E-state index < -0.39 is 0 Å². The van der Waals surface area contributed by atoms with Crippen LogP contribution in [0.1, 0.15) is 0 Å². The molecule has 0 aromatic heterocycles. The molecule has 0 atom stereocenters. The predicted octanol–water partition coefficient (Wildman–Crippen LogP) is -0.675. The fourth-order valence-corrected chi connectivity index (χ4v) is 5.19. The number of piperazine rings is 4. The molecule has 1 aromatic carbocycles. The van der Waals surface area contributed by atoms with Gasteiger partial charge in [0.1, 0.15) is 0 Å². The fraction of sp³-hybridized carbons (Fsp3) is 0.727. The smallest absolute Gasteiger partial charge is 0.0627 e. The largest absolute Gasteiger partial charge is 0.367 e. The Labute approximate surface area is 180 Å². The van der Waals surface area contributed by atoms with Crippen molar-refractivity contribution in [3.05, 3.63) is 12.1 Å². The molecule has 0 bridgehead atoms. The van der Waals surface area contributed by atoms with Gasteiger partial charge in [0, 0.05) is 105 Å². The van der Waals surface area contributed by atoms with Crippen molar-refractivity contribution in [2.75, 3.05) is 124 Å². The third-order valence-electron chi connectivity index (χ3n) is 6.90. The Morgan fingerprint density at radius 1 is 0.367 bits per heavy atom. The van der Waals surface area contributed by atoms with Crippen LogP contribution in [-0.4, -0.2) is 105 Å². The average molecular weight is 415 g/mol. The minimum absolute atomic E-state index is 1.07. The van der Waals surface area contributed by atoms with E-state index in [0.717, 1.165) is 105 Å². The van der Waals surface area contributed by atoms with E-state index in [2.05, 4.69) is 53.0 Å². The zero-order valence-corrected chi connectivity index (χ0v) is 18.3. The molecule has 4 fully saturated rings. The maximum absolute atomic E-state index is 3.53. The summed E-state index contributed by atoms with van der Waals surface area (Å²) in [5, 5.41) is 14.1. The van der Waals surface area contributed by atoms with Crippen LogP contribution in [0.4, 0.5) is 22.7 Å². The topological polar surface area (TPSA) is 61.1 Å². The highest BCUT2D eigenvalue weighted by Gasteiger charge is 2.26. The van der Waals surface area contributed by atoms with E-state index in [0.29, 0.717) is 0 Å². The maximum atomic E-state index is 3.53. The summed E-state index contributed by atoms with van der Waals surface area (Å²) >= 11 is 0. The van der Waals surface area contributed by atoms with Gasteiger partial charge in [-0.2, -0.15) is 0 Å². The number of benzene rings is 1. The molecule has 1 aromatic rings. The van der Waals surface area contributed by atoms with E-state index in [9.17, 15) is 0 Å². The zero-order chi connectivity index (χ0) is 20.2. The SMILES string of the molecule is c1c(N2CCNCC2)c(N2CCNCC2)cc(N2CCNCC2)c1N1CCNCC1. The summed E-state index contributed by atoms with van der Waals surface area (Å²) in [4.78, 5) is 10.4. The highest BCUT2D eigenvalue weighted by molar-refractivity contribution is 5.86. The van der Waals surface area contributed by atoms with Crippen molar-refractivity contribution in [1.29, 1.82) is 0 Å². The standard InChI is InChI=1S/C22H38N8/c1-9-27(10-2-23-1)19-17-21(29-13-5-25-6-14-29)22(30-15-7-26-8-16-30)18-20(19)28-11-3-24-4-12-28/h17-18,23-26H,1-16H2. The summed E-state index contributed by atoms with van der Waals surface area (Å²) in [7, 11) is 0. The highest BCUT2D eigenvalue weighted by atomic mass is 15.3. The molecule has 5 rings (SSSR count). The van der Waals surface area contributed by atoms with E-state index in [1.165, 1.54) is 22.7 Å². The first-order valence-corrected chi connectivity index (χ1v) is 11.9. The van der Waals surface area contributed by atoms with E-state index in [-0.39, 0.29) is 0 Å². The quantitative estimate of drug-likeness (QED) is 0.517. The first-order chi connectivity index (χ1) is 14.9. The van der Waals surface area contributed by atoms with Crippen molar-refractivity contribution in [1.82, 2.24) is 21.3 Å². The lowest BCUT2D eigenvalue weighted by Crippen LogP contribution is -2.48. The summed E-state index contributed by atoms with van der Waals surface area (Å²) in [6, 6.07) is 5.07. The van der Waals surface area contributed by atoms with Crippen LogP contribution in [0.25, 0.3) is 0 Å². The molecular formula is C22H38N8. The van der Waals surface area contributed by atoms with Crippen molar-refractivity contribution < 1.29 is 0 Å². The maximum Gasteiger partial charge on any atom is 0.0627 e. The molecule has 0 aliphatic carbocycles. The van der Waals surface area contributed by atoms with Gasteiger partial charge in [-0.15, -0.1) is 0 Å². The molecule has 166 valence electrons. The second-order valence-electron chi connectivity index (χ2n) is 8.78. The Bertz CT molecular complexity index is 572. The minimum atomic E-state index is 1.07. The normalized spacial score (nSPS) is 23.7. The van der Waals surface area contributed by atoms with Crippen LogP contribution in [0.2, 0.25) is 0 Å². The summed E-state index contributed by atoms with van der Waals surface area (Å²) in [6.07, 6.45) is 0. The number of hydrogen-bond donors (Lipinski definition) is 4. The van der Waals surface area contributed by atoms with Gasteiger partial charge >= 0.3 is 0 Å². The van der Waals surface area contributed by atoms with Gasteiger partial charge in [-0.25, -0.2) is 0 Å². The molecule has 8 heteroatoms. The van der Waals surface area contributed by atoms with Crippen molar-refractivity contribution in [2.24, 2.45) is 0 Å². The summed E-state index contributed by atoms with van der Waals surface area (Å²) in [5.41, 5.74) is 5.74. The number of nitrogens with one attached hydrogen (secondary N) is 4. The molecule has 8 nitrogen and oxygen atoms in total. The summed E-state index contributed by atoms with van der Waals surface area (Å²) in [5.74, 6) is 0. The van der Waals surface area contributed by atoms with Crippen LogP contribution in [0.3, 0.4) is 0 Å². The van der Waals surface area contributed by atoms with Crippen LogP contribution in [-0.2, 0) is 0 Å². The third kappa shape index (κ3) is 4.32. The molecule has 0 saturated carbocycles. The molecule has 0 radical (unpaired) electrons. The van der Waals surface area contributed by atoms with Crippen molar-refractivity contribution in [3.63, 3.8) is 0 Å². The molecule has 4 saturated heterocycles. The van der Waals surface area contributed by atoms with Gasteiger partial charge in [0.2, 0.25) is 0 Å². The van der Waals surface area contributed by atoms with Crippen molar-refractivity contribution >= 4 is 22.7 Å². The minimum Gasteiger partial charge on any atom is -0.367 e. The van der Waals surface area contributed by atoms with E-state index in [1.807, 2.05) is 0 Å². The van der Waals surface area contributed by atoms with E-state index in [4.69, 9.17) is 0 Å². The highest BCUT2D eigenvalue weighted by Crippen LogP contribution is 2.42. The summed E-state index contributed by atoms with van der Waals surface area (Å²) < 4.78 is 0. The monoisotopic (exact) mass is 414 g/mol. The molecule has 4 N–H and O–H groups in total. The van der Waals surface area contributed by atoms with Crippen molar-refractivity contribution in [3.8, 4) is 0 Å². The van der Waals surface area contributed by atoms with Crippen LogP contribution in [0, 0.1) is 0 Å². The van der Waals surface area contributed by atoms with Gasteiger partial charge in [-0.05, 0) is 12.1 Å². The van der Waals surface area contributed by atoms with Gasteiger partial charge in [0.25, 0.3) is 0 Å². The van der Waals surface area contributed by atoms with Crippen LogP contribution in [0.5, 0.6) is 0 Å². The van der Waals surface area contributed by atoms with Crippen molar-refractivity contribution in [2.45, 2.75) is 0 Å². The molecule has 30 heavy (non-hydrogen) atoms. The lowest BCUT2D eigenvalue weighted by atomic mass is 10.1. The third-order valence-corrected chi connectivity index (χ3v) is 6.90. The van der Waals surface area contributed by atoms with Crippen LogP contribution in [0.15, 0.2) is 12.1 Å². The Hall–Kier alpha value is -1.74. The predicted molar refractivity (Wildman–Crippen MR) is 127 cm³/mol. The molecule has 4 aliphatic rings. The second kappa shape index (κ2) is 9.60. The molecule has 4 heterocycles.